The number of hydrogen-bond acceptors (Lipinski definition) is 7. The second-order valence-corrected chi connectivity index (χ2v) is 8.57. The number of ether oxygens (including phenoxy) is 1. The van der Waals surface area contributed by atoms with E-state index in [4.69, 9.17) is 9.72 Å². The number of anilines is 4. The summed E-state index contributed by atoms with van der Waals surface area (Å²) in [6.45, 7) is 5.30. The molecule has 7 nitrogen and oxygen atoms in total. The van der Waals surface area contributed by atoms with Crippen molar-refractivity contribution < 1.29 is 9.84 Å². The fraction of sp³-hybridized carbons (Fsp3) is 0.360. The zero-order valence-corrected chi connectivity index (χ0v) is 19.1. The molecule has 3 aromatic rings. The van der Waals surface area contributed by atoms with Gasteiger partial charge >= 0.3 is 0 Å². The number of benzene rings is 2. The lowest BCUT2D eigenvalue weighted by atomic mass is 9.98. The predicted octanol–water partition coefficient (Wildman–Crippen LogP) is 4.17. The van der Waals surface area contributed by atoms with Gasteiger partial charge in [-0.15, -0.1) is 0 Å². The summed E-state index contributed by atoms with van der Waals surface area (Å²) in [5.74, 6) is 2.56. The lowest BCUT2D eigenvalue weighted by Gasteiger charge is -2.25. The third-order valence-electron chi connectivity index (χ3n) is 5.83. The predicted molar refractivity (Wildman–Crippen MR) is 128 cm³/mol. The molecule has 3 unspecified atom stereocenters. The Kier molecular flexibility index (Phi) is 6.58. The van der Waals surface area contributed by atoms with Crippen molar-refractivity contribution >= 4 is 23.1 Å². The van der Waals surface area contributed by atoms with Crippen molar-refractivity contribution in [2.45, 2.75) is 31.9 Å². The molecule has 2 heterocycles. The summed E-state index contributed by atoms with van der Waals surface area (Å²) in [6, 6.07) is 18.3. The molecule has 0 bridgehead atoms. The van der Waals surface area contributed by atoms with Crippen LogP contribution in [0.1, 0.15) is 25.3 Å². The third-order valence-corrected chi connectivity index (χ3v) is 5.83. The van der Waals surface area contributed by atoms with Crippen molar-refractivity contribution in [1.29, 1.82) is 0 Å². The van der Waals surface area contributed by atoms with E-state index in [1.807, 2.05) is 49.3 Å². The van der Waals surface area contributed by atoms with E-state index in [0.29, 0.717) is 30.2 Å². The minimum atomic E-state index is -0.528. The van der Waals surface area contributed by atoms with Crippen LogP contribution in [0, 0.1) is 0 Å². The van der Waals surface area contributed by atoms with E-state index in [1.165, 1.54) is 11.3 Å². The minimum absolute atomic E-state index is 0.254. The second-order valence-electron chi connectivity index (χ2n) is 8.57. The molecule has 3 atom stereocenters. The smallest absolute Gasteiger partial charge is 0.229 e. The Labute approximate surface area is 189 Å². The zero-order chi connectivity index (χ0) is 22.7. The van der Waals surface area contributed by atoms with Gasteiger partial charge in [-0.3, -0.25) is 0 Å². The largest absolute Gasteiger partial charge is 0.491 e. The van der Waals surface area contributed by atoms with Gasteiger partial charge in [0.1, 0.15) is 24.3 Å². The first kappa shape index (κ1) is 22.0. The van der Waals surface area contributed by atoms with Crippen LogP contribution in [0.4, 0.5) is 23.1 Å². The van der Waals surface area contributed by atoms with Crippen LogP contribution in [0.25, 0.3) is 0 Å². The maximum atomic E-state index is 9.94. The molecule has 0 spiro atoms. The molecule has 32 heavy (non-hydrogen) atoms. The number of hydrogen-bond donors (Lipinski definition) is 2. The molecule has 0 saturated carbocycles. The average molecular weight is 434 g/mol. The van der Waals surface area contributed by atoms with Crippen LogP contribution in [0.5, 0.6) is 5.75 Å². The Morgan fingerprint density at radius 2 is 1.84 bits per heavy atom. The highest BCUT2D eigenvalue weighted by Gasteiger charge is 2.34. The Morgan fingerprint density at radius 3 is 2.59 bits per heavy atom. The number of aliphatic hydroxyl groups is 1. The molecule has 7 heteroatoms. The summed E-state index contributed by atoms with van der Waals surface area (Å²) in [4.78, 5) is 13.4. The van der Waals surface area contributed by atoms with Gasteiger partial charge < -0.3 is 25.0 Å². The number of likely N-dealkylation sites (N-methyl/N-ethyl adjacent to an activating group) is 1. The van der Waals surface area contributed by atoms with Crippen molar-refractivity contribution in [3.05, 3.63) is 66.4 Å². The molecule has 0 radical (unpaired) electrons. The lowest BCUT2D eigenvalue weighted by molar-refractivity contribution is 0.0831. The van der Waals surface area contributed by atoms with Crippen molar-refractivity contribution in [3.8, 4) is 5.75 Å². The lowest BCUT2D eigenvalue weighted by Crippen LogP contribution is -2.30. The number of aliphatic hydroxyl groups excluding tert-OH is 1. The molecule has 2 aromatic carbocycles. The van der Waals surface area contributed by atoms with E-state index in [2.05, 4.69) is 53.3 Å². The normalized spacial score (nSPS) is 18.5. The maximum absolute atomic E-state index is 9.94. The summed E-state index contributed by atoms with van der Waals surface area (Å²) < 4.78 is 5.67. The van der Waals surface area contributed by atoms with Gasteiger partial charge in [0, 0.05) is 36.1 Å². The third kappa shape index (κ3) is 4.84. The molecule has 0 saturated heterocycles. The van der Waals surface area contributed by atoms with E-state index in [0.717, 1.165) is 11.5 Å². The van der Waals surface area contributed by atoms with Crippen LogP contribution in [-0.4, -0.2) is 59.4 Å². The molecule has 1 aliphatic heterocycles. The SMILES string of the molecule is CC1c2ccccc2N(c2ccnc(Nc3ccc(OCC(O)CN(C)C)cc3)n2)C1C. The van der Waals surface area contributed by atoms with Gasteiger partial charge in [0.05, 0.1) is 0 Å². The van der Waals surface area contributed by atoms with Crippen LogP contribution in [0.2, 0.25) is 0 Å². The molecule has 0 amide bonds. The van der Waals surface area contributed by atoms with Crippen LogP contribution in [-0.2, 0) is 0 Å². The molecule has 1 aromatic heterocycles. The number of aromatic nitrogens is 2. The highest BCUT2D eigenvalue weighted by Crippen LogP contribution is 2.44. The maximum Gasteiger partial charge on any atom is 0.229 e. The Morgan fingerprint density at radius 1 is 1.09 bits per heavy atom. The van der Waals surface area contributed by atoms with Crippen LogP contribution in [0.15, 0.2) is 60.8 Å². The molecule has 1 aliphatic rings. The number of nitrogens with zero attached hydrogens (tertiary/aromatic N) is 4. The average Bonchev–Trinajstić information content (AvgIpc) is 3.03. The Hall–Kier alpha value is -3.16. The molecule has 0 aliphatic carbocycles. The van der Waals surface area contributed by atoms with Crippen molar-refractivity contribution in [3.63, 3.8) is 0 Å². The summed E-state index contributed by atoms with van der Waals surface area (Å²) in [5.41, 5.74) is 3.42. The van der Waals surface area contributed by atoms with E-state index in [9.17, 15) is 5.11 Å². The van der Waals surface area contributed by atoms with Crippen molar-refractivity contribution in [1.82, 2.24) is 14.9 Å². The highest BCUT2D eigenvalue weighted by molar-refractivity contribution is 5.71. The fourth-order valence-electron chi connectivity index (χ4n) is 4.10. The molecule has 0 fully saturated rings. The topological polar surface area (TPSA) is 73.8 Å². The van der Waals surface area contributed by atoms with Gasteiger partial charge in [-0.2, -0.15) is 4.98 Å². The second kappa shape index (κ2) is 9.54. The zero-order valence-electron chi connectivity index (χ0n) is 19.1. The van der Waals surface area contributed by atoms with E-state index >= 15 is 0 Å². The van der Waals surface area contributed by atoms with E-state index < -0.39 is 6.10 Å². The number of para-hydroxylation sites is 1. The first-order valence-electron chi connectivity index (χ1n) is 11.0. The quantitative estimate of drug-likeness (QED) is 0.552. The Bertz CT molecular complexity index is 1040. The van der Waals surface area contributed by atoms with Crippen LogP contribution >= 0.6 is 0 Å². The van der Waals surface area contributed by atoms with Crippen molar-refractivity contribution in [2.24, 2.45) is 0 Å². The molecule has 168 valence electrons. The van der Waals surface area contributed by atoms with Gasteiger partial charge in [0.15, 0.2) is 0 Å². The monoisotopic (exact) mass is 433 g/mol. The standard InChI is InChI=1S/C25H31N5O2/c1-17-18(2)30(23-8-6-5-7-22(17)23)24-13-14-26-25(28-24)27-19-9-11-21(12-10-19)32-16-20(31)15-29(3)4/h5-14,17-18,20,31H,15-16H2,1-4H3,(H,26,27,28). The summed E-state index contributed by atoms with van der Waals surface area (Å²) in [5, 5.41) is 13.2. The summed E-state index contributed by atoms with van der Waals surface area (Å²) in [7, 11) is 3.84. The number of rotatable bonds is 8. The van der Waals surface area contributed by atoms with Gasteiger partial charge in [0.2, 0.25) is 5.95 Å². The van der Waals surface area contributed by atoms with Crippen molar-refractivity contribution in [2.75, 3.05) is 37.5 Å². The number of fused-ring (bicyclic) bond motifs is 1. The van der Waals surface area contributed by atoms with Gasteiger partial charge in [0.25, 0.3) is 0 Å². The first-order chi connectivity index (χ1) is 15.4. The van der Waals surface area contributed by atoms with Crippen LogP contribution in [0.3, 0.4) is 0 Å². The molecule has 2 N–H and O–H groups in total. The summed E-state index contributed by atoms with van der Waals surface area (Å²) in [6.07, 6.45) is 1.26. The summed E-state index contributed by atoms with van der Waals surface area (Å²) >= 11 is 0. The van der Waals surface area contributed by atoms with Crippen LogP contribution < -0.4 is 15.0 Å². The number of nitrogens with one attached hydrogen (secondary N) is 1. The first-order valence-corrected chi connectivity index (χ1v) is 11.0. The highest BCUT2D eigenvalue weighted by atomic mass is 16.5. The molecular weight excluding hydrogens is 402 g/mol. The van der Waals surface area contributed by atoms with Gasteiger partial charge in [-0.25, -0.2) is 4.98 Å². The molecular formula is C25H31N5O2. The van der Waals surface area contributed by atoms with E-state index in [1.54, 1.807) is 6.20 Å². The minimum Gasteiger partial charge on any atom is -0.491 e. The fourth-order valence-corrected chi connectivity index (χ4v) is 4.10. The Balaban J connectivity index is 1.44. The van der Waals surface area contributed by atoms with Gasteiger partial charge in [-0.05, 0) is 63.0 Å². The van der Waals surface area contributed by atoms with Gasteiger partial charge in [-0.1, -0.05) is 25.1 Å². The molecule has 4 rings (SSSR count). The van der Waals surface area contributed by atoms with E-state index in [-0.39, 0.29) is 6.61 Å².